The molecule has 1 saturated heterocycles. The Bertz CT molecular complexity index is 712. The van der Waals surface area contributed by atoms with Gasteiger partial charge in [-0.1, -0.05) is 61.5 Å². The highest BCUT2D eigenvalue weighted by atomic mass is 16.6. The van der Waals surface area contributed by atoms with Crippen molar-refractivity contribution in [1.29, 1.82) is 0 Å². The van der Waals surface area contributed by atoms with Gasteiger partial charge in [-0.05, 0) is 23.1 Å². The lowest BCUT2D eigenvalue weighted by atomic mass is 10.0. The fourth-order valence-corrected chi connectivity index (χ4v) is 2.58. The van der Waals surface area contributed by atoms with Crippen molar-refractivity contribution in [3.8, 4) is 11.1 Å². The summed E-state index contributed by atoms with van der Waals surface area (Å²) in [6, 6.07) is 17.3. The zero-order chi connectivity index (χ0) is 16.9. The van der Waals surface area contributed by atoms with E-state index in [0.29, 0.717) is 6.42 Å². The molecule has 1 aliphatic rings. The Balaban J connectivity index is 1.51. The van der Waals surface area contributed by atoms with Crippen molar-refractivity contribution in [2.24, 2.45) is 0 Å². The van der Waals surface area contributed by atoms with Gasteiger partial charge in [-0.3, -0.25) is 0 Å². The van der Waals surface area contributed by atoms with Crippen LogP contribution in [0.3, 0.4) is 0 Å². The Hall–Kier alpha value is -2.82. The molecule has 0 saturated carbocycles. The number of alkyl carbamates (subject to hydrolysis) is 1. The fraction of sp³-hybridized carbons (Fsp3) is 0.263. The molecule has 124 valence electrons. The summed E-state index contributed by atoms with van der Waals surface area (Å²) < 4.78 is 10.1. The van der Waals surface area contributed by atoms with E-state index in [2.05, 4.69) is 5.32 Å². The number of carbonyl (C=O) groups excluding carboxylic acids is 2. The lowest BCUT2D eigenvalue weighted by Crippen LogP contribution is -2.59. The molecule has 1 aliphatic heterocycles. The molecule has 0 bridgehead atoms. The highest BCUT2D eigenvalue weighted by Crippen LogP contribution is 2.20. The Morgan fingerprint density at radius 2 is 1.75 bits per heavy atom. The summed E-state index contributed by atoms with van der Waals surface area (Å²) >= 11 is 0. The highest BCUT2D eigenvalue weighted by Gasteiger charge is 2.42. The summed E-state index contributed by atoms with van der Waals surface area (Å²) in [6.45, 7) is 2.05. The van der Waals surface area contributed by atoms with E-state index in [0.717, 1.165) is 16.7 Å². The molecule has 2 atom stereocenters. The van der Waals surface area contributed by atoms with Crippen LogP contribution in [-0.4, -0.2) is 24.2 Å². The van der Waals surface area contributed by atoms with Crippen molar-refractivity contribution in [3.05, 3.63) is 60.2 Å². The average molecular weight is 325 g/mol. The first-order valence-corrected chi connectivity index (χ1v) is 7.95. The predicted octanol–water partition coefficient (Wildman–Crippen LogP) is 3.28. The molecule has 0 aromatic heterocycles. The van der Waals surface area contributed by atoms with Gasteiger partial charge in [0.05, 0.1) is 0 Å². The molecule has 1 amide bonds. The van der Waals surface area contributed by atoms with Crippen LogP contribution in [0.1, 0.15) is 18.9 Å². The third-order valence-electron chi connectivity index (χ3n) is 4.00. The largest absolute Gasteiger partial charge is 0.458 e. The second-order valence-electron chi connectivity index (χ2n) is 5.64. The number of ether oxygens (including phenoxy) is 2. The normalized spacial score (nSPS) is 19.1. The quantitative estimate of drug-likeness (QED) is 0.857. The molecule has 0 spiro atoms. The van der Waals surface area contributed by atoms with Gasteiger partial charge >= 0.3 is 12.1 Å². The summed E-state index contributed by atoms with van der Waals surface area (Å²) in [5, 5.41) is 2.54. The molecular formula is C19H19NO4. The van der Waals surface area contributed by atoms with Crippen molar-refractivity contribution in [3.63, 3.8) is 0 Å². The number of esters is 1. The second-order valence-corrected chi connectivity index (χ2v) is 5.64. The monoisotopic (exact) mass is 325 g/mol. The van der Waals surface area contributed by atoms with E-state index in [1.54, 1.807) is 0 Å². The molecule has 24 heavy (non-hydrogen) atoms. The number of benzene rings is 2. The van der Waals surface area contributed by atoms with E-state index in [1.807, 2.05) is 61.5 Å². The van der Waals surface area contributed by atoms with Crippen LogP contribution in [0, 0.1) is 0 Å². The van der Waals surface area contributed by atoms with Crippen LogP contribution < -0.4 is 5.32 Å². The van der Waals surface area contributed by atoms with Crippen molar-refractivity contribution >= 4 is 12.1 Å². The first-order valence-electron chi connectivity index (χ1n) is 7.95. The van der Waals surface area contributed by atoms with Crippen LogP contribution in [0.2, 0.25) is 0 Å². The SMILES string of the molecule is CC[C@@H]1OC(=O)[C@@H]1NC(=O)OCc1ccc(-c2ccccc2)cc1. The zero-order valence-electron chi connectivity index (χ0n) is 13.4. The van der Waals surface area contributed by atoms with Gasteiger partial charge in [0.2, 0.25) is 0 Å². The smallest absolute Gasteiger partial charge is 0.408 e. The van der Waals surface area contributed by atoms with Gasteiger partial charge in [0, 0.05) is 0 Å². The number of cyclic esters (lactones) is 1. The van der Waals surface area contributed by atoms with Gasteiger partial charge in [0.25, 0.3) is 0 Å². The molecule has 1 N–H and O–H groups in total. The molecule has 5 nitrogen and oxygen atoms in total. The topological polar surface area (TPSA) is 64.6 Å². The minimum Gasteiger partial charge on any atom is -0.458 e. The molecule has 1 fully saturated rings. The first-order chi connectivity index (χ1) is 11.7. The fourth-order valence-electron chi connectivity index (χ4n) is 2.58. The molecule has 1 heterocycles. The van der Waals surface area contributed by atoms with Gasteiger partial charge in [-0.25, -0.2) is 9.59 Å². The number of carbonyl (C=O) groups is 2. The number of amides is 1. The van der Waals surface area contributed by atoms with Gasteiger partial charge < -0.3 is 14.8 Å². The minimum absolute atomic E-state index is 0.152. The minimum atomic E-state index is -0.609. The molecule has 0 aliphatic carbocycles. The average Bonchev–Trinajstić information content (AvgIpc) is 2.63. The van der Waals surface area contributed by atoms with Crippen LogP contribution >= 0.6 is 0 Å². The Morgan fingerprint density at radius 1 is 1.08 bits per heavy atom. The van der Waals surface area contributed by atoms with Crippen LogP contribution in [0.25, 0.3) is 11.1 Å². The van der Waals surface area contributed by atoms with E-state index in [9.17, 15) is 9.59 Å². The maximum absolute atomic E-state index is 11.8. The van der Waals surface area contributed by atoms with Crippen molar-refractivity contribution in [2.45, 2.75) is 32.1 Å². The van der Waals surface area contributed by atoms with Gasteiger partial charge in [0.15, 0.2) is 6.04 Å². The molecule has 2 aromatic rings. The predicted molar refractivity (Wildman–Crippen MR) is 89.2 cm³/mol. The Morgan fingerprint density at radius 3 is 2.38 bits per heavy atom. The highest BCUT2D eigenvalue weighted by molar-refractivity contribution is 5.86. The maximum Gasteiger partial charge on any atom is 0.408 e. The van der Waals surface area contributed by atoms with Crippen molar-refractivity contribution < 1.29 is 19.1 Å². The van der Waals surface area contributed by atoms with E-state index < -0.39 is 18.1 Å². The van der Waals surface area contributed by atoms with Crippen LogP contribution in [0.5, 0.6) is 0 Å². The summed E-state index contributed by atoms with van der Waals surface area (Å²) in [7, 11) is 0. The van der Waals surface area contributed by atoms with Crippen LogP contribution in [0.4, 0.5) is 4.79 Å². The summed E-state index contributed by atoms with van der Waals surface area (Å²) in [5.41, 5.74) is 3.12. The second kappa shape index (κ2) is 7.17. The number of hydrogen-bond donors (Lipinski definition) is 1. The summed E-state index contributed by atoms with van der Waals surface area (Å²) in [5.74, 6) is -0.411. The zero-order valence-corrected chi connectivity index (χ0v) is 13.4. The van der Waals surface area contributed by atoms with Gasteiger partial charge in [-0.2, -0.15) is 0 Å². The van der Waals surface area contributed by atoms with E-state index >= 15 is 0 Å². The Labute approximate surface area is 140 Å². The molecule has 5 heteroatoms. The summed E-state index contributed by atoms with van der Waals surface area (Å²) in [6.07, 6.45) is -0.199. The number of hydrogen-bond acceptors (Lipinski definition) is 4. The lowest BCUT2D eigenvalue weighted by molar-refractivity contribution is -0.176. The third kappa shape index (κ3) is 3.56. The van der Waals surface area contributed by atoms with E-state index in [1.165, 1.54) is 0 Å². The molecule has 0 radical (unpaired) electrons. The molecule has 2 aromatic carbocycles. The summed E-state index contributed by atoms with van der Waals surface area (Å²) in [4.78, 5) is 23.1. The van der Waals surface area contributed by atoms with E-state index in [-0.39, 0.29) is 12.7 Å². The number of nitrogens with one attached hydrogen (secondary N) is 1. The van der Waals surface area contributed by atoms with Crippen LogP contribution in [-0.2, 0) is 20.9 Å². The molecule has 0 unspecified atom stereocenters. The third-order valence-corrected chi connectivity index (χ3v) is 4.00. The standard InChI is InChI=1S/C19H19NO4/c1-2-16-17(18(21)24-16)20-19(22)23-12-13-8-10-15(11-9-13)14-6-4-3-5-7-14/h3-11,16-17H,2,12H2,1H3,(H,20,22)/t16-,17+/m0/s1. The van der Waals surface area contributed by atoms with Crippen molar-refractivity contribution in [1.82, 2.24) is 5.32 Å². The van der Waals surface area contributed by atoms with Gasteiger partial charge in [0.1, 0.15) is 12.7 Å². The molecular weight excluding hydrogens is 306 g/mol. The lowest BCUT2D eigenvalue weighted by Gasteiger charge is -2.34. The van der Waals surface area contributed by atoms with Gasteiger partial charge in [-0.15, -0.1) is 0 Å². The maximum atomic E-state index is 11.8. The molecule has 3 rings (SSSR count). The first kappa shape index (κ1) is 16.1. The van der Waals surface area contributed by atoms with Crippen LogP contribution in [0.15, 0.2) is 54.6 Å². The number of rotatable bonds is 5. The van der Waals surface area contributed by atoms with E-state index in [4.69, 9.17) is 9.47 Å². The Kier molecular flexibility index (Phi) is 4.79. The van der Waals surface area contributed by atoms with Crippen molar-refractivity contribution in [2.75, 3.05) is 0 Å².